The zero-order valence-corrected chi connectivity index (χ0v) is 9.67. The van der Waals surface area contributed by atoms with Gasteiger partial charge in [0, 0.05) is 0 Å². The van der Waals surface area contributed by atoms with Crippen LogP contribution in [0.2, 0.25) is 5.02 Å². The summed E-state index contributed by atoms with van der Waals surface area (Å²) >= 11 is 8.59. The summed E-state index contributed by atoms with van der Waals surface area (Å²) in [7, 11) is 0. The molecule has 2 aromatic rings. The lowest BCUT2D eigenvalue weighted by Crippen LogP contribution is -1.98. The SMILES string of the molecule is Cc1ncsc1C(=O)c1sccc1Cl. The zero-order chi connectivity index (χ0) is 10.1. The zero-order valence-electron chi connectivity index (χ0n) is 7.28. The van der Waals surface area contributed by atoms with E-state index in [0.29, 0.717) is 14.8 Å². The molecule has 0 amide bonds. The van der Waals surface area contributed by atoms with E-state index in [1.54, 1.807) is 11.6 Å². The van der Waals surface area contributed by atoms with Crippen molar-refractivity contribution in [1.82, 2.24) is 4.98 Å². The highest BCUT2D eigenvalue weighted by Gasteiger charge is 2.17. The molecule has 72 valence electrons. The summed E-state index contributed by atoms with van der Waals surface area (Å²) in [6.45, 7) is 1.82. The molecule has 0 fully saturated rings. The molecule has 2 rings (SSSR count). The van der Waals surface area contributed by atoms with E-state index in [-0.39, 0.29) is 5.78 Å². The molecule has 0 aliphatic carbocycles. The van der Waals surface area contributed by atoms with Gasteiger partial charge in [0.1, 0.15) is 0 Å². The molecule has 0 aliphatic rings. The van der Waals surface area contributed by atoms with Crippen molar-refractivity contribution in [2.75, 3.05) is 0 Å². The number of thiazole rings is 1. The Morgan fingerprint density at radius 2 is 2.21 bits per heavy atom. The van der Waals surface area contributed by atoms with Crippen molar-refractivity contribution in [3.8, 4) is 0 Å². The smallest absolute Gasteiger partial charge is 0.216 e. The van der Waals surface area contributed by atoms with Gasteiger partial charge in [0.05, 0.1) is 26.0 Å². The predicted molar refractivity (Wildman–Crippen MR) is 59.6 cm³/mol. The number of aryl methyl sites for hydroxylation is 1. The number of thiophene rings is 1. The Morgan fingerprint density at radius 1 is 1.43 bits per heavy atom. The fourth-order valence-electron chi connectivity index (χ4n) is 1.08. The second-order valence-corrected chi connectivity index (χ2v) is 4.87. The van der Waals surface area contributed by atoms with Crippen LogP contribution < -0.4 is 0 Å². The first-order chi connectivity index (χ1) is 6.70. The topological polar surface area (TPSA) is 30.0 Å². The van der Waals surface area contributed by atoms with E-state index in [1.165, 1.54) is 22.7 Å². The number of carbonyl (C=O) groups is 1. The molecule has 0 saturated carbocycles. The minimum Gasteiger partial charge on any atom is -0.287 e. The third kappa shape index (κ3) is 1.61. The fourth-order valence-corrected chi connectivity index (χ4v) is 2.98. The summed E-state index contributed by atoms with van der Waals surface area (Å²) in [4.78, 5) is 17.2. The average molecular weight is 244 g/mol. The summed E-state index contributed by atoms with van der Waals surface area (Å²) in [5.41, 5.74) is 2.44. The molecule has 0 aliphatic heterocycles. The number of nitrogens with zero attached hydrogens (tertiary/aromatic N) is 1. The van der Waals surface area contributed by atoms with Gasteiger partial charge >= 0.3 is 0 Å². The summed E-state index contributed by atoms with van der Waals surface area (Å²) in [5.74, 6) is -0.0231. The number of ketones is 1. The summed E-state index contributed by atoms with van der Waals surface area (Å²) in [6.07, 6.45) is 0. The van der Waals surface area contributed by atoms with Crippen LogP contribution in [-0.2, 0) is 0 Å². The standard InChI is InChI=1S/C9H6ClNOS2/c1-5-8(14-4-11-5)7(12)9-6(10)2-3-13-9/h2-4H,1H3. The second-order valence-electron chi connectivity index (χ2n) is 2.69. The number of aromatic nitrogens is 1. The van der Waals surface area contributed by atoms with Crippen molar-refractivity contribution in [1.29, 1.82) is 0 Å². The lowest BCUT2D eigenvalue weighted by Gasteiger charge is -1.95. The molecule has 14 heavy (non-hydrogen) atoms. The molecule has 2 nitrogen and oxygen atoms in total. The van der Waals surface area contributed by atoms with E-state index in [0.717, 1.165) is 5.69 Å². The van der Waals surface area contributed by atoms with Gasteiger partial charge in [0.15, 0.2) is 0 Å². The molecule has 0 unspecified atom stereocenters. The Balaban J connectivity index is 2.44. The van der Waals surface area contributed by atoms with Crippen molar-refractivity contribution in [2.45, 2.75) is 6.92 Å². The maximum Gasteiger partial charge on any atom is 0.216 e. The Hall–Kier alpha value is -0.710. The first kappa shape index (κ1) is 9.83. The van der Waals surface area contributed by atoms with Gasteiger partial charge in [0.25, 0.3) is 0 Å². The summed E-state index contributed by atoms with van der Waals surface area (Å²) in [5, 5.41) is 2.33. The Kier molecular flexibility index (Phi) is 2.67. The van der Waals surface area contributed by atoms with Crippen molar-refractivity contribution in [3.63, 3.8) is 0 Å². The van der Waals surface area contributed by atoms with Crippen LogP contribution in [0.4, 0.5) is 0 Å². The number of rotatable bonds is 2. The van der Waals surface area contributed by atoms with Crippen LogP contribution in [0.3, 0.4) is 0 Å². The van der Waals surface area contributed by atoms with Crippen LogP contribution in [0.15, 0.2) is 17.0 Å². The molecule has 0 N–H and O–H groups in total. The third-order valence-corrected chi connectivity index (χ3v) is 4.04. The van der Waals surface area contributed by atoms with Gasteiger partial charge in [-0.3, -0.25) is 4.79 Å². The quantitative estimate of drug-likeness (QED) is 0.757. The average Bonchev–Trinajstić information content (AvgIpc) is 2.73. The lowest BCUT2D eigenvalue weighted by atomic mass is 10.2. The van der Waals surface area contributed by atoms with Crippen LogP contribution in [0.1, 0.15) is 20.2 Å². The van der Waals surface area contributed by atoms with Gasteiger partial charge in [0.2, 0.25) is 5.78 Å². The number of halogens is 1. The van der Waals surface area contributed by atoms with Crippen LogP contribution in [0.25, 0.3) is 0 Å². The summed E-state index contributed by atoms with van der Waals surface area (Å²) in [6, 6.07) is 1.73. The van der Waals surface area contributed by atoms with Crippen LogP contribution in [0, 0.1) is 6.92 Å². The Bertz CT molecular complexity index is 432. The van der Waals surface area contributed by atoms with E-state index in [2.05, 4.69) is 4.98 Å². The van der Waals surface area contributed by atoms with Crippen molar-refractivity contribution in [2.24, 2.45) is 0 Å². The third-order valence-electron chi connectivity index (χ3n) is 1.78. The molecule has 0 radical (unpaired) electrons. The monoisotopic (exact) mass is 243 g/mol. The molecule has 0 bridgehead atoms. The highest BCUT2D eigenvalue weighted by molar-refractivity contribution is 7.16. The number of hydrogen-bond acceptors (Lipinski definition) is 4. The molecule has 2 aromatic heterocycles. The van der Waals surface area contributed by atoms with Crippen LogP contribution in [-0.4, -0.2) is 10.8 Å². The van der Waals surface area contributed by atoms with Gasteiger partial charge in [-0.2, -0.15) is 0 Å². The van der Waals surface area contributed by atoms with E-state index in [4.69, 9.17) is 11.6 Å². The van der Waals surface area contributed by atoms with Crippen LogP contribution >= 0.6 is 34.3 Å². The number of carbonyl (C=O) groups excluding carboxylic acids is 1. The van der Waals surface area contributed by atoms with E-state index < -0.39 is 0 Å². The first-order valence-corrected chi connectivity index (χ1v) is 6.01. The van der Waals surface area contributed by atoms with Crippen LogP contribution in [0.5, 0.6) is 0 Å². The lowest BCUT2D eigenvalue weighted by molar-refractivity contribution is 0.104. The van der Waals surface area contributed by atoms with Gasteiger partial charge in [-0.1, -0.05) is 11.6 Å². The molecular weight excluding hydrogens is 238 g/mol. The second kappa shape index (κ2) is 3.81. The molecule has 0 atom stereocenters. The normalized spacial score (nSPS) is 10.4. The minimum absolute atomic E-state index is 0.0231. The predicted octanol–water partition coefficient (Wildman–Crippen LogP) is 3.40. The molecule has 0 saturated heterocycles. The van der Waals surface area contributed by atoms with Gasteiger partial charge in [-0.05, 0) is 18.4 Å². The molecule has 0 aromatic carbocycles. The molecule has 0 spiro atoms. The maximum atomic E-state index is 11.9. The van der Waals surface area contributed by atoms with Crippen molar-refractivity contribution < 1.29 is 4.79 Å². The van der Waals surface area contributed by atoms with Gasteiger partial charge in [-0.25, -0.2) is 4.98 Å². The van der Waals surface area contributed by atoms with E-state index in [9.17, 15) is 4.79 Å². The van der Waals surface area contributed by atoms with Gasteiger partial charge < -0.3 is 0 Å². The molecule has 2 heterocycles. The highest BCUT2D eigenvalue weighted by atomic mass is 35.5. The van der Waals surface area contributed by atoms with Crippen molar-refractivity contribution in [3.05, 3.63) is 37.4 Å². The van der Waals surface area contributed by atoms with E-state index >= 15 is 0 Å². The van der Waals surface area contributed by atoms with Gasteiger partial charge in [-0.15, -0.1) is 22.7 Å². The minimum atomic E-state index is -0.0231. The maximum absolute atomic E-state index is 11.9. The molecule has 5 heteroatoms. The fraction of sp³-hybridized carbons (Fsp3) is 0.111. The van der Waals surface area contributed by atoms with E-state index in [1.807, 2.05) is 12.3 Å². The first-order valence-electron chi connectivity index (χ1n) is 3.88. The largest absolute Gasteiger partial charge is 0.287 e. The Labute approximate surface area is 94.2 Å². The Morgan fingerprint density at radius 3 is 2.71 bits per heavy atom. The summed E-state index contributed by atoms with van der Waals surface area (Å²) < 4.78 is 0. The molecular formula is C9H6ClNOS2. The van der Waals surface area contributed by atoms with Crippen molar-refractivity contribution >= 4 is 40.1 Å². The number of hydrogen-bond donors (Lipinski definition) is 0. The highest BCUT2D eigenvalue weighted by Crippen LogP contribution is 2.27.